The van der Waals surface area contributed by atoms with Crippen molar-refractivity contribution < 1.29 is 28.0 Å². The summed E-state index contributed by atoms with van der Waals surface area (Å²) in [4.78, 5) is 23.6. The lowest BCUT2D eigenvalue weighted by molar-refractivity contribution is -0.387. The summed E-state index contributed by atoms with van der Waals surface area (Å²) in [5, 5.41) is 19.9. The first kappa shape index (κ1) is 31.5. The molecule has 0 unspecified atom stereocenters. The van der Waals surface area contributed by atoms with E-state index in [1.165, 1.54) is 37.5 Å². The molecule has 0 saturated heterocycles. The van der Waals surface area contributed by atoms with Crippen LogP contribution in [0.1, 0.15) is 55.5 Å². The zero-order valence-corrected chi connectivity index (χ0v) is 25.6. The Morgan fingerprint density at radius 1 is 1.22 bits per heavy atom. The number of carbonyl (C=O) groups excluding carboxylic acids is 1. The Morgan fingerprint density at radius 3 is 2.35 bits per heavy atom. The molecule has 37 heavy (non-hydrogen) atoms. The molecule has 204 valence electrons. The molecule has 1 heterocycles. The Morgan fingerprint density at radius 2 is 1.81 bits per heavy atom. The summed E-state index contributed by atoms with van der Waals surface area (Å²) < 4.78 is 33.1. The van der Waals surface area contributed by atoms with E-state index in [-0.39, 0.29) is 37.0 Å². The van der Waals surface area contributed by atoms with Gasteiger partial charge in [0.05, 0.1) is 23.6 Å². The van der Waals surface area contributed by atoms with E-state index < -0.39 is 26.2 Å². The molecule has 0 atom stereocenters. The number of aliphatic hydroxyl groups is 1. The van der Waals surface area contributed by atoms with E-state index in [0.29, 0.717) is 6.42 Å². The summed E-state index contributed by atoms with van der Waals surface area (Å²) >= 11 is 2.19. The second-order valence-electron chi connectivity index (χ2n) is 9.56. The molecule has 0 radical (unpaired) electrons. The highest BCUT2D eigenvalue weighted by Crippen LogP contribution is 2.41. The normalized spacial score (nSPS) is 13.8. The zero-order valence-electron chi connectivity index (χ0n) is 21.8. The Bertz CT molecular complexity index is 1270. The van der Waals surface area contributed by atoms with Gasteiger partial charge in [-0.2, -0.15) is 4.31 Å². The molecule has 1 aliphatic heterocycles. The molecule has 0 amide bonds. The number of hydrogen-bond acceptors (Lipinski definition) is 8. The number of sulfonamides is 1. The van der Waals surface area contributed by atoms with Crippen molar-refractivity contribution in [3.05, 3.63) is 62.2 Å². The number of nitro benzene ring substituents is 1. The van der Waals surface area contributed by atoms with Crippen molar-refractivity contribution >= 4 is 51.8 Å². The van der Waals surface area contributed by atoms with Crippen LogP contribution in [0.2, 0.25) is 0 Å². The molecule has 1 aliphatic rings. The summed E-state index contributed by atoms with van der Waals surface area (Å²) in [6.07, 6.45) is 0.599. The summed E-state index contributed by atoms with van der Waals surface area (Å²) in [5.74, 6) is -0.332. The number of esters is 1. The summed E-state index contributed by atoms with van der Waals surface area (Å²) in [7, 11) is -2.54. The van der Waals surface area contributed by atoms with E-state index in [9.17, 15) is 23.3 Å². The van der Waals surface area contributed by atoms with Gasteiger partial charge in [-0.15, -0.1) is 0 Å². The quantitative estimate of drug-likeness (QED) is 0.183. The van der Waals surface area contributed by atoms with Crippen molar-refractivity contribution in [2.24, 2.45) is 0 Å². The van der Waals surface area contributed by atoms with Crippen molar-refractivity contribution in [3.8, 4) is 0 Å². The third-order valence-electron chi connectivity index (χ3n) is 5.67. The number of ether oxygens (including phenoxy) is 1. The van der Waals surface area contributed by atoms with Crippen molar-refractivity contribution in [1.29, 1.82) is 0 Å². The molecule has 0 saturated carbocycles. The van der Waals surface area contributed by atoms with E-state index in [0.717, 1.165) is 32.7 Å². The predicted molar refractivity (Wildman–Crippen MR) is 152 cm³/mol. The number of rotatable bonds is 7. The number of benzene rings is 2. The summed E-state index contributed by atoms with van der Waals surface area (Å²) in [6, 6.07) is 5.39. The van der Waals surface area contributed by atoms with E-state index in [1.54, 1.807) is 27.7 Å². The highest BCUT2D eigenvalue weighted by molar-refractivity contribution is 14.2. The maximum atomic E-state index is 13.3. The van der Waals surface area contributed by atoms with Crippen LogP contribution in [0, 0.1) is 24.0 Å². The second-order valence-corrected chi connectivity index (χ2v) is 13.3. The second kappa shape index (κ2) is 12.9. The van der Waals surface area contributed by atoms with Crippen LogP contribution in [0.5, 0.6) is 0 Å². The summed E-state index contributed by atoms with van der Waals surface area (Å²) in [6.45, 7) is 11.5. The number of nitrogens with zero attached hydrogens (tertiary/aromatic N) is 2. The molecule has 12 heteroatoms. The van der Waals surface area contributed by atoms with Crippen molar-refractivity contribution in [3.63, 3.8) is 0 Å². The Kier molecular flexibility index (Phi) is 11.0. The number of halogens is 1. The van der Waals surface area contributed by atoms with Crippen LogP contribution in [0.15, 0.2) is 34.1 Å². The molecule has 3 rings (SSSR count). The van der Waals surface area contributed by atoms with Crippen LogP contribution in [-0.4, -0.2) is 47.5 Å². The van der Waals surface area contributed by atoms with Gasteiger partial charge in [0.1, 0.15) is 0 Å². The smallest absolute Gasteiger partial charge is 0.310 e. The molecule has 0 aliphatic carbocycles. The van der Waals surface area contributed by atoms with Crippen LogP contribution < -0.4 is 0 Å². The molecule has 9 nitrogen and oxygen atoms in total. The van der Waals surface area contributed by atoms with Crippen molar-refractivity contribution in [2.75, 3.05) is 13.2 Å². The van der Waals surface area contributed by atoms with Gasteiger partial charge >= 0.3 is 5.97 Å². The molecule has 0 fully saturated rings. The van der Waals surface area contributed by atoms with E-state index in [4.69, 9.17) is 9.84 Å². The van der Waals surface area contributed by atoms with Crippen LogP contribution >= 0.6 is 30.1 Å². The minimum absolute atomic E-state index is 0.0956. The van der Waals surface area contributed by atoms with Crippen LogP contribution in [0.3, 0.4) is 0 Å². The first-order chi connectivity index (χ1) is 17.1. The predicted octanol–water partition coefficient (Wildman–Crippen LogP) is 5.28. The largest absolute Gasteiger partial charge is 0.466 e. The van der Waals surface area contributed by atoms with Gasteiger partial charge in [0.15, 0.2) is 4.90 Å². The van der Waals surface area contributed by atoms with Gasteiger partial charge in [-0.05, 0) is 81.8 Å². The standard InChI is InChI=1S/C21H23IN2O6S2.C4H10O/c1-4-30-20(25)11-16-13(2)17-12-23(10-9-15(17)14(3)21(16)31-22)32(28,29)19-8-6-5-7-18(19)24(26)27;1-4(2,3)5/h5-8H,4,9-12H2,1-3H3;5H,1-3H3. The monoisotopic (exact) mass is 664 g/mol. The van der Waals surface area contributed by atoms with Gasteiger partial charge in [0.25, 0.3) is 5.69 Å². The fourth-order valence-corrected chi connectivity index (χ4v) is 7.97. The molecular formula is C25H33IN2O7S2. The topological polar surface area (TPSA) is 127 Å². The van der Waals surface area contributed by atoms with Crippen LogP contribution in [-0.2, 0) is 38.9 Å². The lowest BCUT2D eigenvalue weighted by Crippen LogP contribution is -2.37. The average molecular weight is 665 g/mol. The number of fused-ring (bicyclic) bond motifs is 1. The number of para-hydroxylation sites is 1. The Hall–Kier alpha value is -1.74. The molecule has 2 aromatic rings. The van der Waals surface area contributed by atoms with Gasteiger partial charge < -0.3 is 9.84 Å². The SMILES string of the molecule is CC(C)(C)O.CCOC(=O)Cc1c(C)c2c(c(C)c1SI)CCN(S(=O)(=O)c1ccccc1[N+](=O)[O-])C2. The fraction of sp³-hybridized carbons (Fsp3) is 0.480. The number of hydrogen-bond donors (Lipinski definition) is 1. The van der Waals surface area contributed by atoms with Gasteiger partial charge in [-0.1, -0.05) is 21.1 Å². The fourth-order valence-electron chi connectivity index (χ4n) is 4.06. The van der Waals surface area contributed by atoms with E-state index in [2.05, 4.69) is 21.2 Å². The maximum absolute atomic E-state index is 13.3. The lowest BCUT2D eigenvalue weighted by Gasteiger charge is -2.32. The van der Waals surface area contributed by atoms with Crippen molar-refractivity contribution in [2.45, 2.75) is 76.3 Å². The van der Waals surface area contributed by atoms with Gasteiger partial charge in [0, 0.05) is 45.3 Å². The van der Waals surface area contributed by atoms with Crippen LogP contribution in [0.4, 0.5) is 5.69 Å². The minimum atomic E-state index is -4.08. The zero-order chi connectivity index (χ0) is 28.1. The minimum Gasteiger partial charge on any atom is -0.466 e. The van der Waals surface area contributed by atoms with Gasteiger partial charge in [-0.3, -0.25) is 14.9 Å². The van der Waals surface area contributed by atoms with E-state index in [1.807, 2.05) is 13.8 Å². The molecule has 2 aromatic carbocycles. The molecule has 0 bridgehead atoms. The third kappa shape index (κ3) is 7.88. The molecule has 0 aromatic heterocycles. The first-order valence-corrected chi connectivity index (χ1v) is 16.5. The molecular weight excluding hydrogens is 631 g/mol. The highest BCUT2D eigenvalue weighted by atomic mass is 127. The lowest BCUT2D eigenvalue weighted by atomic mass is 9.88. The van der Waals surface area contributed by atoms with E-state index >= 15 is 0 Å². The van der Waals surface area contributed by atoms with Gasteiger partial charge in [-0.25, -0.2) is 8.42 Å². The number of carbonyl (C=O) groups is 1. The van der Waals surface area contributed by atoms with Crippen LogP contribution in [0.25, 0.3) is 0 Å². The average Bonchev–Trinajstić information content (AvgIpc) is 2.81. The summed E-state index contributed by atoms with van der Waals surface area (Å²) in [5.41, 5.74) is 3.72. The Labute approximate surface area is 234 Å². The molecule has 1 N–H and O–H groups in total. The maximum Gasteiger partial charge on any atom is 0.310 e. The highest BCUT2D eigenvalue weighted by Gasteiger charge is 2.35. The molecule has 0 spiro atoms. The van der Waals surface area contributed by atoms with Crippen molar-refractivity contribution in [1.82, 2.24) is 4.31 Å². The van der Waals surface area contributed by atoms with Gasteiger partial charge in [0.2, 0.25) is 10.0 Å². The first-order valence-electron chi connectivity index (χ1n) is 11.7. The third-order valence-corrected chi connectivity index (χ3v) is 9.59. The Balaban J connectivity index is 0.000000877. The number of nitro groups is 1.